The van der Waals surface area contributed by atoms with Crippen LogP contribution in [0.25, 0.3) is 0 Å². The van der Waals surface area contributed by atoms with E-state index in [4.69, 9.17) is 5.11 Å². The number of aliphatic carboxylic acids is 1. The van der Waals surface area contributed by atoms with Crippen LogP contribution in [0.2, 0.25) is 0 Å². The smallest absolute Gasteiger partial charge is 0.306 e. The minimum Gasteiger partial charge on any atom is -0.481 e. The summed E-state index contributed by atoms with van der Waals surface area (Å²) in [6, 6.07) is 0. The van der Waals surface area contributed by atoms with Gasteiger partial charge in [-0.2, -0.15) is 0 Å². The predicted molar refractivity (Wildman–Crippen MR) is 32.0 cm³/mol. The highest BCUT2D eigenvalue weighted by molar-refractivity contribution is 5.70. The molecule has 0 spiro atoms. The Hall–Kier alpha value is -0.530. The first kappa shape index (κ1) is 5.27. The van der Waals surface area contributed by atoms with E-state index in [0.717, 1.165) is 24.7 Å². The normalized spacial score (nSPS) is 40.4. The van der Waals surface area contributed by atoms with E-state index in [2.05, 4.69) is 0 Å². The topological polar surface area (TPSA) is 37.3 Å². The molecule has 0 saturated heterocycles. The molecule has 2 rings (SSSR count). The van der Waals surface area contributed by atoms with Gasteiger partial charge in [-0.1, -0.05) is 0 Å². The zero-order valence-corrected chi connectivity index (χ0v) is 5.21. The molecule has 0 heterocycles. The molecule has 2 fully saturated rings. The highest BCUT2D eigenvalue weighted by Crippen LogP contribution is 2.54. The van der Waals surface area contributed by atoms with Crippen LogP contribution in [0, 0.1) is 17.8 Å². The number of rotatable bonds is 1. The fourth-order valence-corrected chi connectivity index (χ4v) is 1.92. The van der Waals surface area contributed by atoms with E-state index in [1.54, 1.807) is 0 Å². The Morgan fingerprint density at radius 2 is 1.78 bits per heavy atom. The summed E-state index contributed by atoms with van der Waals surface area (Å²) in [5, 5.41) is 8.55. The Kier molecular flexibility index (Phi) is 0.875. The summed E-state index contributed by atoms with van der Waals surface area (Å²) in [7, 11) is 0. The van der Waals surface area contributed by atoms with Gasteiger partial charge in [0.15, 0.2) is 0 Å². The van der Waals surface area contributed by atoms with E-state index >= 15 is 0 Å². The number of fused-ring (bicyclic) bond motifs is 1. The van der Waals surface area contributed by atoms with Gasteiger partial charge in [0.1, 0.15) is 0 Å². The first-order valence-electron chi connectivity index (χ1n) is 3.50. The number of carboxylic acids is 1. The van der Waals surface area contributed by atoms with Gasteiger partial charge in [0.2, 0.25) is 0 Å². The summed E-state index contributed by atoms with van der Waals surface area (Å²) >= 11 is 0. The fourth-order valence-electron chi connectivity index (χ4n) is 1.92. The molecule has 2 heteroatoms. The van der Waals surface area contributed by atoms with Gasteiger partial charge in [-0.3, -0.25) is 4.79 Å². The SMILES string of the molecule is O=C(O)C1C[C@@H]2C[C@H]2C1. The molecule has 0 aromatic heterocycles. The lowest BCUT2D eigenvalue weighted by molar-refractivity contribution is -0.141. The molecule has 0 aromatic carbocycles. The molecule has 2 nitrogen and oxygen atoms in total. The maximum absolute atomic E-state index is 10.4. The molecular formula is C7H10O2. The second-order valence-electron chi connectivity index (χ2n) is 3.26. The van der Waals surface area contributed by atoms with Gasteiger partial charge < -0.3 is 5.11 Å². The van der Waals surface area contributed by atoms with Crippen LogP contribution in [0.5, 0.6) is 0 Å². The van der Waals surface area contributed by atoms with Gasteiger partial charge >= 0.3 is 5.97 Å². The van der Waals surface area contributed by atoms with Gasteiger partial charge in [0.05, 0.1) is 5.92 Å². The third-order valence-electron chi connectivity index (χ3n) is 2.59. The summed E-state index contributed by atoms with van der Waals surface area (Å²) in [5.74, 6) is 1.02. The zero-order valence-electron chi connectivity index (χ0n) is 5.21. The standard InChI is InChI=1S/C7H10O2/c8-7(9)6-2-4-1-5(4)3-6/h4-6H,1-3H2,(H,8,9)/t4-,5-/m0/s1. The monoisotopic (exact) mass is 126 g/mol. The lowest BCUT2D eigenvalue weighted by atomic mass is 10.0. The largest absolute Gasteiger partial charge is 0.481 e. The summed E-state index contributed by atoms with van der Waals surface area (Å²) in [4.78, 5) is 10.4. The maximum Gasteiger partial charge on any atom is 0.306 e. The van der Waals surface area contributed by atoms with Crippen molar-refractivity contribution >= 4 is 5.97 Å². The van der Waals surface area contributed by atoms with Crippen molar-refractivity contribution in [1.82, 2.24) is 0 Å². The van der Waals surface area contributed by atoms with E-state index in [9.17, 15) is 4.79 Å². The Bertz CT molecular complexity index is 143. The lowest BCUT2D eigenvalue weighted by Crippen LogP contribution is -2.10. The summed E-state index contributed by atoms with van der Waals surface area (Å²) < 4.78 is 0. The molecule has 2 atom stereocenters. The molecule has 1 N–H and O–H groups in total. The fraction of sp³-hybridized carbons (Fsp3) is 0.857. The van der Waals surface area contributed by atoms with Crippen molar-refractivity contribution in [2.45, 2.75) is 19.3 Å². The van der Waals surface area contributed by atoms with E-state index in [1.807, 2.05) is 0 Å². The van der Waals surface area contributed by atoms with E-state index in [-0.39, 0.29) is 5.92 Å². The van der Waals surface area contributed by atoms with Gasteiger partial charge in [-0.05, 0) is 31.1 Å². The second kappa shape index (κ2) is 1.49. The van der Waals surface area contributed by atoms with E-state index in [0.29, 0.717) is 0 Å². The molecule has 0 aliphatic heterocycles. The highest BCUT2D eigenvalue weighted by Gasteiger charge is 2.47. The van der Waals surface area contributed by atoms with Gasteiger partial charge in [0.25, 0.3) is 0 Å². The molecule has 2 saturated carbocycles. The van der Waals surface area contributed by atoms with Gasteiger partial charge in [-0.25, -0.2) is 0 Å². The average molecular weight is 126 g/mol. The second-order valence-corrected chi connectivity index (χ2v) is 3.26. The predicted octanol–water partition coefficient (Wildman–Crippen LogP) is 1.12. The average Bonchev–Trinajstić information content (AvgIpc) is 2.40. The highest BCUT2D eigenvalue weighted by atomic mass is 16.4. The molecule has 0 aromatic rings. The summed E-state index contributed by atoms with van der Waals surface area (Å²) in [6.07, 6.45) is 3.23. The third-order valence-corrected chi connectivity index (χ3v) is 2.59. The van der Waals surface area contributed by atoms with Crippen molar-refractivity contribution in [3.8, 4) is 0 Å². The van der Waals surface area contributed by atoms with Crippen LogP contribution in [-0.2, 0) is 4.79 Å². The van der Waals surface area contributed by atoms with Crippen LogP contribution in [0.4, 0.5) is 0 Å². The number of hydrogen-bond donors (Lipinski definition) is 1. The number of carboxylic acid groups (broad SMARTS) is 1. The molecule has 0 bridgehead atoms. The first-order chi connectivity index (χ1) is 4.27. The minimum atomic E-state index is -0.581. The van der Waals surface area contributed by atoms with Crippen LogP contribution < -0.4 is 0 Å². The molecule has 0 amide bonds. The summed E-state index contributed by atoms with van der Waals surface area (Å²) in [6.45, 7) is 0. The van der Waals surface area contributed by atoms with E-state index in [1.165, 1.54) is 6.42 Å². The third kappa shape index (κ3) is 0.732. The van der Waals surface area contributed by atoms with Crippen LogP contribution >= 0.6 is 0 Å². The Morgan fingerprint density at radius 3 is 2.11 bits per heavy atom. The zero-order chi connectivity index (χ0) is 6.43. The van der Waals surface area contributed by atoms with Crippen LogP contribution in [0.1, 0.15) is 19.3 Å². The van der Waals surface area contributed by atoms with Crippen molar-refractivity contribution in [3.63, 3.8) is 0 Å². The molecule has 0 radical (unpaired) electrons. The van der Waals surface area contributed by atoms with Gasteiger partial charge in [0, 0.05) is 0 Å². The van der Waals surface area contributed by atoms with Crippen molar-refractivity contribution in [2.24, 2.45) is 17.8 Å². The van der Waals surface area contributed by atoms with Crippen molar-refractivity contribution in [2.75, 3.05) is 0 Å². The van der Waals surface area contributed by atoms with E-state index < -0.39 is 5.97 Å². The number of hydrogen-bond acceptors (Lipinski definition) is 1. The Labute approximate surface area is 53.9 Å². The Balaban J connectivity index is 1.97. The molecular weight excluding hydrogens is 116 g/mol. The molecule has 2 aliphatic rings. The number of carbonyl (C=O) groups is 1. The van der Waals surface area contributed by atoms with Crippen LogP contribution in [0.3, 0.4) is 0 Å². The van der Waals surface area contributed by atoms with Crippen molar-refractivity contribution in [1.29, 1.82) is 0 Å². The molecule has 2 aliphatic carbocycles. The lowest BCUT2D eigenvalue weighted by Gasteiger charge is -2.02. The van der Waals surface area contributed by atoms with Crippen molar-refractivity contribution in [3.05, 3.63) is 0 Å². The Morgan fingerprint density at radius 1 is 1.22 bits per heavy atom. The van der Waals surface area contributed by atoms with Gasteiger partial charge in [-0.15, -0.1) is 0 Å². The molecule has 0 unspecified atom stereocenters. The summed E-state index contributed by atoms with van der Waals surface area (Å²) in [5.41, 5.74) is 0. The van der Waals surface area contributed by atoms with Crippen molar-refractivity contribution < 1.29 is 9.90 Å². The quantitative estimate of drug-likeness (QED) is 0.571. The van der Waals surface area contributed by atoms with Crippen LogP contribution in [-0.4, -0.2) is 11.1 Å². The minimum absolute atomic E-state index is 0.00810. The molecule has 50 valence electrons. The van der Waals surface area contributed by atoms with Crippen LogP contribution in [0.15, 0.2) is 0 Å². The maximum atomic E-state index is 10.4. The first-order valence-corrected chi connectivity index (χ1v) is 3.50. The molecule has 9 heavy (non-hydrogen) atoms.